The Morgan fingerprint density at radius 1 is 1.20 bits per heavy atom. The van der Waals surface area contributed by atoms with Crippen LogP contribution in [0, 0.1) is 0 Å². The number of rotatable bonds is 1. The third-order valence-electron chi connectivity index (χ3n) is 2.22. The average Bonchev–Trinajstić information content (AvgIpc) is 2.31. The van der Waals surface area contributed by atoms with Crippen LogP contribution in [0.5, 0.6) is 5.75 Å². The second-order valence-electron chi connectivity index (χ2n) is 3.28. The minimum absolute atomic E-state index is 0.235. The first-order valence-electron chi connectivity index (χ1n) is 4.96. The highest BCUT2D eigenvalue weighted by molar-refractivity contribution is 7.99. The number of carbonyl (C=O) groups is 1. The highest BCUT2D eigenvalue weighted by Gasteiger charge is 2.18. The maximum Gasteiger partial charge on any atom is 0.415 e. The normalized spacial score (nSPS) is 16.1. The third-order valence-corrected chi connectivity index (χ3v) is 3.16. The van der Waals surface area contributed by atoms with Gasteiger partial charge in [-0.15, -0.1) is 0 Å². The lowest BCUT2D eigenvalue weighted by Crippen LogP contribution is -2.39. The Morgan fingerprint density at radius 3 is 2.53 bits per heavy atom. The molecule has 15 heavy (non-hydrogen) atoms. The SMILES string of the molecule is O=C(Oc1ccccc1)N1CCSCC1. The summed E-state index contributed by atoms with van der Waals surface area (Å²) in [7, 11) is 0. The largest absolute Gasteiger partial charge is 0.415 e. The van der Waals surface area contributed by atoms with Gasteiger partial charge in [0.05, 0.1) is 0 Å². The quantitative estimate of drug-likeness (QED) is 0.731. The zero-order chi connectivity index (χ0) is 10.5. The zero-order valence-corrected chi connectivity index (χ0v) is 9.20. The molecule has 0 radical (unpaired) electrons. The van der Waals surface area contributed by atoms with E-state index in [1.54, 1.807) is 17.0 Å². The van der Waals surface area contributed by atoms with Crippen molar-refractivity contribution in [3.05, 3.63) is 30.3 Å². The van der Waals surface area contributed by atoms with Crippen molar-refractivity contribution in [1.82, 2.24) is 4.90 Å². The number of hydrogen-bond donors (Lipinski definition) is 0. The summed E-state index contributed by atoms with van der Waals surface area (Å²) < 4.78 is 5.23. The Labute approximate surface area is 93.4 Å². The fourth-order valence-corrected chi connectivity index (χ4v) is 2.30. The molecule has 0 bridgehead atoms. The van der Waals surface area contributed by atoms with Crippen LogP contribution in [0.2, 0.25) is 0 Å². The van der Waals surface area contributed by atoms with Gasteiger partial charge in [-0.3, -0.25) is 0 Å². The van der Waals surface area contributed by atoms with E-state index in [0.29, 0.717) is 5.75 Å². The molecule has 0 spiro atoms. The van der Waals surface area contributed by atoms with Crippen LogP contribution in [0.15, 0.2) is 30.3 Å². The van der Waals surface area contributed by atoms with E-state index in [2.05, 4.69) is 0 Å². The molecule has 1 aromatic carbocycles. The lowest BCUT2D eigenvalue weighted by atomic mass is 10.3. The molecule has 0 aliphatic carbocycles. The summed E-state index contributed by atoms with van der Waals surface area (Å²) >= 11 is 1.87. The van der Waals surface area contributed by atoms with Crippen LogP contribution < -0.4 is 4.74 Å². The number of thioether (sulfide) groups is 1. The number of hydrogen-bond acceptors (Lipinski definition) is 3. The van der Waals surface area contributed by atoms with E-state index in [1.807, 2.05) is 30.0 Å². The minimum atomic E-state index is -0.235. The van der Waals surface area contributed by atoms with E-state index < -0.39 is 0 Å². The van der Waals surface area contributed by atoms with Crippen molar-refractivity contribution in [3.63, 3.8) is 0 Å². The average molecular weight is 223 g/mol. The van der Waals surface area contributed by atoms with Crippen LogP contribution in [-0.2, 0) is 0 Å². The monoisotopic (exact) mass is 223 g/mol. The first kappa shape index (κ1) is 10.4. The number of nitrogens with zero attached hydrogens (tertiary/aromatic N) is 1. The van der Waals surface area contributed by atoms with Crippen LogP contribution in [-0.4, -0.2) is 35.6 Å². The summed E-state index contributed by atoms with van der Waals surface area (Å²) in [5, 5.41) is 0. The van der Waals surface area contributed by atoms with Gasteiger partial charge in [-0.2, -0.15) is 11.8 Å². The first-order chi connectivity index (χ1) is 7.36. The molecular formula is C11H13NO2S. The molecule has 0 N–H and O–H groups in total. The third kappa shape index (κ3) is 2.89. The topological polar surface area (TPSA) is 29.5 Å². The Morgan fingerprint density at radius 2 is 1.87 bits per heavy atom. The number of carbonyl (C=O) groups excluding carboxylic acids is 1. The molecule has 1 fully saturated rings. The maximum atomic E-state index is 11.7. The summed E-state index contributed by atoms with van der Waals surface area (Å²) in [5.41, 5.74) is 0. The molecule has 3 nitrogen and oxygen atoms in total. The highest BCUT2D eigenvalue weighted by Crippen LogP contribution is 2.13. The van der Waals surface area contributed by atoms with E-state index in [1.165, 1.54) is 0 Å². The molecule has 0 aromatic heterocycles. The molecule has 0 unspecified atom stereocenters. The lowest BCUT2D eigenvalue weighted by Gasteiger charge is -2.25. The van der Waals surface area contributed by atoms with Gasteiger partial charge in [0.15, 0.2) is 0 Å². The van der Waals surface area contributed by atoms with Gasteiger partial charge in [-0.25, -0.2) is 4.79 Å². The maximum absolute atomic E-state index is 11.7. The number of para-hydroxylation sites is 1. The van der Waals surface area contributed by atoms with Crippen molar-refractivity contribution >= 4 is 17.9 Å². The lowest BCUT2D eigenvalue weighted by molar-refractivity contribution is 0.157. The second kappa shape index (κ2) is 5.07. The summed E-state index contributed by atoms with van der Waals surface area (Å²) in [5.74, 6) is 2.62. The predicted octanol–water partition coefficient (Wildman–Crippen LogP) is 2.23. The molecule has 1 saturated heterocycles. The first-order valence-corrected chi connectivity index (χ1v) is 6.11. The summed E-state index contributed by atoms with van der Waals surface area (Å²) in [4.78, 5) is 13.4. The van der Waals surface area contributed by atoms with Crippen molar-refractivity contribution in [2.45, 2.75) is 0 Å². The van der Waals surface area contributed by atoms with E-state index in [9.17, 15) is 4.79 Å². The zero-order valence-electron chi connectivity index (χ0n) is 8.39. The van der Waals surface area contributed by atoms with E-state index in [4.69, 9.17) is 4.74 Å². The number of amides is 1. The van der Waals surface area contributed by atoms with Crippen LogP contribution in [0.3, 0.4) is 0 Å². The van der Waals surface area contributed by atoms with Gasteiger partial charge in [0.2, 0.25) is 0 Å². The molecule has 1 aromatic rings. The van der Waals surface area contributed by atoms with Crippen LogP contribution in [0.1, 0.15) is 0 Å². The van der Waals surface area contributed by atoms with Gasteiger partial charge >= 0.3 is 6.09 Å². The van der Waals surface area contributed by atoms with Gasteiger partial charge in [-0.1, -0.05) is 18.2 Å². The number of ether oxygens (including phenoxy) is 1. The van der Waals surface area contributed by atoms with Crippen molar-refractivity contribution in [2.75, 3.05) is 24.6 Å². The van der Waals surface area contributed by atoms with Crippen molar-refractivity contribution in [1.29, 1.82) is 0 Å². The molecule has 4 heteroatoms. The molecule has 1 aliphatic rings. The molecule has 2 rings (SSSR count). The summed E-state index contributed by atoms with van der Waals surface area (Å²) in [6.45, 7) is 1.58. The fourth-order valence-electron chi connectivity index (χ4n) is 1.40. The standard InChI is InChI=1S/C11H13NO2S/c13-11(12-6-8-15-9-7-12)14-10-4-2-1-3-5-10/h1-5H,6-9H2. The van der Waals surface area contributed by atoms with Gasteiger partial charge in [-0.05, 0) is 12.1 Å². The van der Waals surface area contributed by atoms with Gasteiger partial charge < -0.3 is 9.64 Å². The number of benzene rings is 1. The van der Waals surface area contributed by atoms with E-state index in [-0.39, 0.29) is 6.09 Å². The Hall–Kier alpha value is -1.16. The predicted molar refractivity (Wildman–Crippen MR) is 61.4 cm³/mol. The Balaban J connectivity index is 1.91. The van der Waals surface area contributed by atoms with Gasteiger partial charge in [0.25, 0.3) is 0 Å². The molecule has 1 aliphatic heterocycles. The fraction of sp³-hybridized carbons (Fsp3) is 0.364. The highest BCUT2D eigenvalue weighted by atomic mass is 32.2. The van der Waals surface area contributed by atoms with Gasteiger partial charge in [0.1, 0.15) is 5.75 Å². The van der Waals surface area contributed by atoms with Crippen molar-refractivity contribution in [3.8, 4) is 5.75 Å². The summed E-state index contributed by atoms with van der Waals surface area (Å²) in [6.07, 6.45) is -0.235. The van der Waals surface area contributed by atoms with Crippen LogP contribution in [0.4, 0.5) is 4.79 Å². The smallest absolute Gasteiger partial charge is 0.410 e. The molecule has 1 heterocycles. The van der Waals surface area contributed by atoms with Gasteiger partial charge in [0, 0.05) is 24.6 Å². The molecule has 0 saturated carbocycles. The summed E-state index contributed by atoms with van der Waals surface area (Å²) in [6, 6.07) is 9.19. The Bertz CT molecular complexity index is 323. The molecular weight excluding hydrogens is 210 g/mol. The van der Waals surface area contributed by atoms with E-state index in [0.717, 1.165) is 24.6 Å². The molecule has 80 valence electrons. The molecule has 1 amide bonds. The van der Waals surface area contributed by atoms with Crippen LogP contribution in [0.25, 0.3) is 0 Å². The van der Waals surface area contributed by atoms with Crippen molar-refractivity contribution in [2.24, 2.45) is 0 Å². The molecule has 0 atom stereocenters. The van der Waals surface area contributed by atoms with E-state index >= 15 is 0 Å². The second-order valence-corrected chi connectivity index (χ2v) is 4.51. The van der Waals surface area contributed by atoms with Crippen LogP contribution >= 0.6 is 11.8 Å². The Kier molecular flexibility index (Phi) is 3.50. The minimum Gasteiger partial charge on any atom is -0.410 e. The van der Waals surface area contributed by atoms with Crippen molar-refractivity contribution < 1.29 is 9.53 Å².